The molecule has 0 N–H and O–H groups in total. The average molecular weight is 737 g/mol. The van der Waals surface area contributed by atoms with Crippen molar-refractivity contribution in [1.82, 2.24) is 0 Å². The van der Waals surface area contributed by atoms with E-state index >= 15 is 0 Å². The van der Waals surface area contributed by atoms with Crippen molar-refractivity contribution in [3.05, 3.63) is 175 Å². The third-order valence-electron chi connectivity index (χ3n) is 7.45. The van der Waals surface area contributed by atoms with Gasteiger partial charge >= 0.3 is 0 Å². The van der Waals surface area contributed by atoms with E-state index in [2.05, 4.69) is 132 Å². The number of hydrogen-bond donors (Lipinski definition) is 0. The standard InChI is InChI=1S/C39H26NS.Au/c41-39(30-13-3-1-4-14-30)37-23-11-16-29-24-25-34(27-38(29)37)40(32-18-5-2-6-19-32)33-20-9-17-31(26-33)36-22-10-15-28-12-7-8-21-35(28)36;/h1-20,22-25,39,41H;/q-3;/p-1. The van der Waals surface area contributed by atoms with E-state index in [4.69, 9.17) is 12.6 Å². The molecule has 3 heteroatoms. The first-order valence-electron chi connectivity index (χ1n) is 13.7. The van der Waals surface area contributed by atoms with Crippen LogP contribution in [0.1, 0.15) is 16.4 Å². The van der Waals surface area contributed by atoms with Crippen LogP contribution in [0.2, 0.25) is 0 Å². The Hall–Kier alpha value is -4.05. The van der Waals surface area contributed by atoms with Gasteiger partial charge in [0.25, 0.3) is 0 Å². The summed E-state index contributed by atoms with van der Waals surface area (Å²) in [6, 6.07) is 61.1. The van der Waals surface area contributed by atoms with Crippen LogP contribution in [0.25, 0.3) is 32.7 Å². The fourth-order valence-corrected chi connectivity index (χ4v) is 5.83. The van der Waals surface area contributed by atoms with E-state index in [1.807, 2.05) is 36.4 Å². The van der Waals surface area contributed by atoms with Crippen molar-refractivity contribution < 1.29 is 22.4 Å². The summed E-state index contributed by atoms with van der Waals surface area (Å²) in [5, 5.41) is 4.24. The first kappa shape index (κ1) is 28.1. The second kappa shape index (κ2) is 12.4. The van der Waals surface area contributed by atoms with Crippen LogP contribution in [-0.4, -0.2) is 0 Å². The molecule has 0 aliphatic heterocycles. The van der Waals surface area contributed by atoms with Crippen molar-refractivity contribution in [2.75, 3.05) is 4.90 Å². The molecule has 0 spiro atoms. The van der Waals surface area contributed by atoms with Crippen LogP contribution in [0, 0.1) is 18.2 Å². The molecule has 0 heterocycles. The van der Waals surface area contributed by atoms with Crippen molar-refractivity contribution in [1.29, 1.82) is 0 Å². The molecule has 207 valence electrons. The molecule has 1 unspecified atom stereocenters. The van der Waals surface area contributed by atoms with Gasteiger partial charge in [-0.3, -0.25) is 0 Å². The maximum atomic E-state index is 6.06. The van der Waals surface area contributed by atoms with Crippen molar-refractivity contribution in [2.45, 2.75) is 5.25 Å². The van der Waals surface area contributed by atoms with Crippen molar-refractivity contribution in [3.8, 4) is 11.1 Å². The van der Waals surface area contributed by atoms with Gasteiger partial charge in [0, 0.05) is 28.1 Å². The number of para-hydroxylation sites is 1. The summed E-state index contributed by atoms with van der Waals surface area (Å²) in [6.45, 7) is 0. The smallest absolute Gasteiger partial charge is 0.0428 e. The second-order valence-electron chi connectivity index (χ2n) is 10.0. The van der Waals surface area contributed by atoms with Crippen LogP contribution >= 0.6 is 0 Å². The molecule has 0 bridgehead atoms. The predicted octanol–water partition coefficient (Wildman–Crippen LogP) is 10.2. The van der Waals surface area contributed by atoms with Gasteiger partial charge < -0.3 is 17.5 Å². The van der Waals surface area contributed by atoms with Crippen molar-refractivity contribution in [2.24, 2.45) is 0 Å². The number of fused-ring (bicyclic) bond motifs is 2. The third-order valence-corrected chi connectivity index (χ3v) is 7.98. The maximum absolute atomic E-state index is 6.06. The molecule has 7 rings (SSSR count). The quantitative estimate of drug-likeness (QED) is 0.0951. The summed E-state index contributed by atoms with van der Waals surface area (Å²) in [5.41, 5.74) is 7.24. The molecule has 0 aliphatic rings. The van der Waals surface area contributed by atoms with Gasteiger partial charge in [0.1, 0.15) is 0 Å². The normalized spacial score (nSPS) is 11.6. The largest absolute Gasteiger partial charge is 0.790 e. The Morgan fingerprint density at radius 1 is 0.548 bits per heavy atom. The zero-order chi connectivity index (χ0) is 27.6. The van der Waals surface area contributed by atoms with Crippen molar-refractivity contribution in [3.63, 3.8) is 0 Å². The number of rotatable bonds is 6. The minimum atomic E-state index is -0.172. The molecule has 42 heavy (non-hydrogen) atoms. The van der Waals surface area contributed by atoms with Crippen LogP contribution in [0.5, 0.6) is 0 Å². The first-order valence-corrected chi connectivity index (χ1v) is 14.2. The number of nitrogens with zero attached hydrogens (tertiary/aromatic N) is 1. The molecule has 0 saturated carbocycles. The summed E-state index contributed by atoms with van der Waals surface area (Å²) in [7, 11) is 0. The molecule has 0 fully saturated rings. The molecule has 1 atom stereocenters. The topological polar surface area (TPSA) is 3.24 Å². The minimum absolute atomic E-state index is 0. The van der Waals surface area contributed by atoms with E-state index in [1.54, 1.807) is 0 Å². The van der Waals surface area contributed by atoms with Gasteiger partial charge in [-0.2, -0.15) is 0 Å². The van der Waals surface area contributed by atoms with Gasteiger partial charge in [-0.1, -0.05) is 84.4 Å². The van der Waals surface area contributed by atoms with E-state index in [0.717, 1.165) is 60.9 Å². The molecular weight excluding hydrogens is 711 g/mol. The molecule has 1 nitrogen and oxygen atoms in total. The van der Waals surface area contributed by atoms with Crippen LogP contribution in [0.3, 0.4) is 0 Å². The second-order valence-corrected chi connectivity index (χ2v) is 10.5. The Balaban J connectivity index is 0.00000316. The van der Waals surface area contributed by atoms with Gasteiger partial charge in [-0.25, -0.2) is 0 Å². The van der Waals surface area contributed by atoms with Gasteiger partial charge in [-0.05, 0) is 23.5 Å². The van der Waals surface area contributed by atoms with Gasteiger partial charge in [0.2, 0.25) is 0 Å². The Morgan fingerprint density at radius 3 is 2.02 bits per heavy atom. The summed E-state index contributed by atoms with van der Waals surface area (Å²) in [5.74, 6) is 0. The number of hydrogen-bond acceptors (Lipinski definition) is 2. The Kier molecular flexibility index (Phi) is 8.32. The third kappa shape index (κ3) is 5.43. The predicted molar refractivity (Wildman–Crippen MR) is 174 cm³/mol. The summed E-state index contributed by atoms with van der Waals surface area (Å²) < 4.78 is 0. The zero-order valence-electron chi connectivity index (χ0n) is 22.6. The van der Waals surface area contributed by atoms with Crippen LogP contribution in [-0.2, 0) is 35.0 Å². The minimum Gasteiger partial charge on any atom is -0.790 e. The Morgan fingerprint density at radius 2 is 1.21 bits per heavy atom. The van der Waals surface area contributed by atoms with E-state index in [0.29, 0.717) is 0 Å². The molecule has 1 radical (unpaired) electrons. The zero-order valence-corrected chi connectivity index (χ0v) is 25.6. The van der Waals surface area contributed by atoms with Gasteiger partial charge in [-0.15, -0.1) is 116 Å². The molecule has 0 amide bonds. The van der Waals surface area contributed by atoms with Crippen LogP contribution < -0.4 is 4.90 Å². The van der Waals surface area contributed by atoms with E-state index in [1.165, 1.54) is 0 Å². The van der Waals surface area contributed by atoms with Crippen molar-refractivity contribution >= 4 is 51.2 Å². The molecule has 7 aromatic carbocycles. The Bertz CT molecular complexity index is 1970. The summed E-state index contributed by atoms with van der Waals surface area (Å²) in [4.78, 5) is 2.22. The molecule has 0 saturated heterocycles. The number of benzene rings is 7. The van der Waals surface area contributed by atoms with Gasteiger partial charge in [0.15, 0.2) is 0 Å². The molecule has 0 aromatic heterocycles. The molecule has 7 aromatic rings. The Labute approximate surface area is 268 Å². The first-order chi connectivity index (χ1) is 20.3. The summed E-state index contributed by atoms with van der Waals surface area (Å²) >= 11 is 6.06. The number of anilines is 3. The SMILES string of the molecule is [Au].[S-]C(c1ccccc1)c1cccc2ccc(N(c3[c-]c(-c4cccc5ccc[c-]c45)ccc3)c3ccccc3)[c-]c12. The maximum Gasteiger partial charge on any atom is 0.0428 e. The molecule has 0 aliphatic carbocycles. The van der Waals surface area contributed by atoms with Gasteiger partial charge in [0.05, 0.1) is 0 Å². The average Bonchev–Trinajstić information content (AvgIpc) is 3.05. The fourth-order valence-electron chi connectivity index (χ4n) is 5.47. The fraction of sp³-hybridized carbons (Fsp3) is 0.0256. The van der Waals surface area contributed by atoms with E-state index in [9.17, 15) is 0 Å². The molecular formula is C39H25AuNS-4. The van der Waals surface area contributed by atoms with E-state index in [-0.39, 0.29) is 27.6 Å². The summed E-state index contributed by atoms with van der Waals surface area (Å²) in [6.07, 6.45) is 0. The monoisotopic (exact) mass is 736 g/mol. The van der Waals surface area contributed by atoms with E-state index < -0.39 is 0 Å². The van der Waals surface area contributed by atoms with Crippen LogP contribution in [0.15, 0.2) is 146 Å². The van der Waals surface area contributed by atoms with Crippen LogP contribution in [0.4, 0.5) is 17.1 Å².